The predicted molar refractivity (Wildman–Crippen MR) is 241 cm³/mol. The highest BCUT2D eigenvalue weighted by Crippen LogP contribution is 2.35. The summed E-state index contributed by atoms with van der Waals surface area (Å²) < 4.78 is 19.2. The van der Waals surface area contributed by atoms with Gasteiger partial charge in [-0.3, -0.25) is 24.1 Å². The summed E-state index contributed by atoms with van der Waals surface area (Å²) in [5.41, 5.74) is 0. The van der Waals surface area contributed by atoms with E-state index in [9.17, 15) is 23.7 Å². The molecule has 0 aromatic heterocycles. The summed E-state index contributed by atoms with van der Waals surface area (Å²) in [7, 11) is 29.2. The highest BCUT2D eigenvalue weighted by atomic mass is 31.2. The van der Waals surface area contributed by atoms with Gasteiger partial charge in [0.2, 0.25) is 11.8 Å². The van der Waals surface area contributed by atoms with Crippen molar-refractivity contribution in [1.29, 1.82) is 0 Å². The molecule has 0 atom stereocenters. The highest BCUT2D eigenvalue weighted by molar-refractivity contribution is 7.57. The lowest BCUT2D eigenvalue weighted by Gasteiger charge is -2.16. The van der Waals surface area contributed by atoms with Gasteiger partial charge in [-0.15, -0.1) is 0 Å². The zero-order valence-corrected chi connectivity index (χ0v) is 42.1. The van der Waals surface area contributed by atoms with Crippen molar-refractivity contribution in [3.63, 3.8) is 0 Å². The Labute approximate surface area is 341 Å². The Morgan fingerprint density at radius 1 is 0.473 bits per heavy atom. The lowest BCUT2D eigenvalue weighted by atomic mass is 10.4. The van der Waals surface area contributed by atoms with E-state index in [1.54, 1.807) is 97.9 Å². The molecule has 0 radical (unpaired) electrons. The number of carbonyl (C=O) groups excluding carboxylic acids is 4. The Morgan fingerprint density at radius 2 is 0.673 bits per heavy atom. The molecule has 0 aliphatic rings. The van der Waals surface area contributed by atoms with Crippen LogP contribution in [0.25, 0.3) is 0 Å². The summed E-state index contributed by atoms with van der Waals surface area (Å²) in [5, 5.41) is 0. The van der Waals surface area contributed by atoms with Gasteiger partial charge in [-0.25, -0.2) is 9.59 Å². The number of hydrogen-bond donors (Lipinski definition) is 0. The van der Waals surface area contributed by atoms with Crippen LogP contribution in [-0.4, -0.2) is 210 Å². The molecule has 0 aromatic rings. The first kappa shape index (κ1) is 72.8. The molecule has 0 aromatic carbocycles. The molecule has 0 aliphatic heterocycles. The quantitative estimate of drug-likeness (QED) is 0.172. The lowest BCUT2D eigenvalue weighted by Crippen LogP contribution is -2.33. The SMILES string of the molecule is CC(=O)N(C)C.CC(=O)N(C)C.CCCC.CCCC.CN(C)C(=O)N(C)C.CN=C(C)N(C)C.CN=C(C)N(C)C.COC(=O)N(C)C.COP(C)(C)=O. The standard InChI is InChI=1S/C5H12N2O.2C5H12N2.C4H9NO2.2C4H9NO.2C4H10.C3H9O2P/c1-6(2)5(8)7(3)4;2*1-5(6-2)7(3)4;1-5(2)4(6)7-3;2*1-4(6)5(2)3;2*1-3-4-2;1-5-6(2,3)4/h1-4H3;2*1-4H3;1-3H3;2*1-3H3;2*3-4H2,1-2H3;1-3H3. The number of rotatable bonds is 3. The summed E-state index contributed by atoms with van der Waals surface area (Å²) >= 11 is 0. The van der Waals surface area contributed by atoms with E-state index in [2.05, 4.69) is 46.9 Å². The molecular weight excluding hydrogens is 725 g/mol. The summed E-state index contributed by atoms with van der Waals surface area (Å²) in [6.45, 7) is 18.9. The largest absolute Gasteiger partial charge is 0.453 e. The van der Waals surface area contributed by atoms with Gasteiger partial charge in [-0.05, 0) is 13.8 Å². The van der Waals surface area contributed by atoms with E-state index in [1.165, 1.54) is 78.2 Å². The number of urea groups is 1. The molecule has 0 aliphatic carbocycles. The maximum atomic E-state index is 10.7. The van der Waals surface area contributed by atoms with Crippen molar-refractivity contribution in [2.24, 2.45) is 9.98 Å². The van der Waals surface area contributed by atoms with Crippen LogP contribution in [0.4, 0.5) is 9.59 Å². The summed E-state index contributed by atoms with van der Waals surface area (Å²) in [5.74, 6) is 2.30. The molecule has 336 valence electrons. The monoisotopic (exact) mass is 818 g/mol. The Morgan fingerprint density at radius 3 is 0.673 bits per heavy atom. The van der Waals surface area contributed by atoms with Crippen molar-refractivity contribution in [1.82, 2.24) is 34.3 Å². The second kappa shape index (κ2) is 50.6. The number of amides is 5. The first-order chi connectivity index (χ1) is 24.8. The van der Waals surface area contributed by atoms with Gasteiger partial charge in [0.25, 0.3) is 0 Å². The fraction of sp³-hybridized carbons (Fsp3) is 0.842. The van der Waals surface area contributed by atoms with Gasteiger partial charge >= 0.3 is 12.1 Å². The number of methoxy groups -OCH3 is 1. The van der Waals surface area contributed by atoms with Gasteiger partial charge in [0.05, 0.1) is 18.8 Å². The molecule has 0 N–H and O–H groups in total. The van der Waals surface area contributed by atoms with Gasteiger partial charge in [0, 0.05) is 147 Å². The van der Waals surface area contributed by atoms with Crippen molar-refractivity contribution in [2.45, 2.75) is 81.1 Å². The van der Waals surface area contributed by atoms with Crippen LogP contribution < -0.4 is 0 Å². The lowest BCUT2D eigenvalue weighted by molar-refractivity contribution is -0.127. The third kappa shape index (κ3) is 94.3. The molecule has 0 saturated heterocycles. The number of ether oxygens (including phenoxy) is 1. The molecule has 17 heteroatoms. The van der Waals surface area contributed by atoms with Gasteiger partial charge in [0.15, 0.2) is 7.37 Å². The summed E-state index contributed by atoms with van der Waals surface area (Å²) in [4.78, 5) is 60.3. The summed E-state index contributed by atoms with van der Waals surface area (Å²) in [6, 6.07) is 0.0185. The number of unbranched alkanes of at least 4 members (excludes halogenated alkanes) is 2. The minimum atomic E-state index is -2.15. The fourth-order valence-corrected chi connectivity index (χ4v) is 0.983. The Kier molecular flexibility index (Phi) is 67.0. The molecule has 16 nitrogen and oxygen atoms in total. The average Bonchev–Trinajstić information content (AvgIpc) is 3.11. The van der Waals surface area contributed by atoms with Gasteiger partial charge < -0.3 is 43.6 Å². The van der Waals surface area contributed by atoms with Crippen molar-refractivity contribution in [2.75, 3.05) is 140 Å². The van der Waals surface area contributed by atoms with Crippen LogP contribution in [-0.2, 0) is 23.4 Å². The normalized spacial score (nSPS) is 9.31. The summed E-state index contributed by atoms with van der Waals surface area (Å²) in [6.07, 6.45) is 4.96. The molecule has 0 spiro atoms. The van der Waals surface area contributed by atoms with Crippen LogP contribution in [0.3, 0.4) is 0 Å². The fourth-order valence-electron chi connectivity index (χ4n) is 0.983. The minimum absolute atomic E-state index is 0.0185. The molecular formula is C38H92N9O7P. The smallest absolute Gasteiger partial charge is 0.408 e. The van der Waals surface area contributed by atoms with Gasteiger partial charge in [-0.2, -0.15) is 0 Å². The Hall–Kier alpha value is -3.39. The van der Waals surface area contributed by atoms with E-state index < -0.39 is 7.37 Å². The van der Waals surface area contributed by atoms with Gasteiger partial charge in [-0.1, -0.05) is 53.4 Å². The molecule has 0 fully saturated rings. The van der Waals surface area contributed by atoms with E-state index in [0.717, 1.165) is 11.7 Å². The second-order valence-corrected chi connectivity index (χ2v) is 15.9. The number of amidine groups is 2. The first-order valence-corrected chi connectivity index (χ1v) is 20.6. The van der Waals surface area contributed by atoms with E-state index in [-0.39, 0.29) is 23.9 Å². The maximum Gasteiger partial charge on any atom is 0.408 e. The topological polar surface area (TPSA) is 151 Å². The molecule has 0 saturated carbocycles. The van der Waals surface area contributed by atoms with E-state index in [1.807, 2.05) is 51.8 Å². The van der Waals surface area contributed by atoms with E-state index in [4.69, 9.17) is 0 Å². The first-order valence-electron chi connectivity index (χ1n) is 18.1. The molecule has 5 amide bonds. The minimum Gasteiger partial charge on any atom is -0.453 e. The molecule has 55 heavy (non-hydrogen) atoms. The Bertz CT molecular complexity index is 923. The van der Waals surface area contributed by atoms with Crippen molar-refractivity contribution in [3.8, 4) is 0 Å². The zero-order chi connectivity index (χ0) is 46.7. The predicted octanol–water partition coefficient (Wildman–Crippen LogP) is 6.71. The van der Waals surface area contributed by atoms with Crippen molar-refractivity contribution >= 4 is 43.0 Å². The van der Waals surface area contributed by atoms with Gasteiger partial charge in [0.1, 0.15) is 0 Å². The maximum absolute atomic E-state index is 10.7. The number of nitrogens with zero attached hydrogens (tertiary/aromatic N) is 9. The number of hydrogen-bond acceptors (Lipinski definition) is 9. The third-order valence-electron chi connectivity index (χ3n) is 5.95. The number of carbonyl (C=O) groups is 4. The van der Waals surface area contributed by atoms with Crippen LogP contribution in [0.1, 0.15) is 81.1 Å². The highest BCUT2D eigenvalue weighted by Gasteiger charge is 2.03. The molecule has 0 bridgehead atoms. The van der Waals surface area contributed by atoms with Crippen LogP contribution in [0.15, 0.2) is 9.98 Å². The van der Waals surface area contributed by atoms with Crippen LogP contribution in [0.5, 0.6) is 0 Å². The zero-order valence-electron chi connectivity index (χ0n) is 41.2. The van der Waals surface area contributed by atoms with Crippen LogP contribution in [0.2, 0.25) is 0 Å². The van der Waals surface area contributed by atoms with E-state index in [0.29, 0.717) is 0 Å². The third-order valence-corrected chi connectivity index (χ3v) is 6.83. The van der Waals surface area contributed by atoms with Crippen molar-refractivity contribution < 1.29 is 33.0 Å². The molecule has 0 rings (SSSR count). The number of aliphatic imine (C=N–C) groups is 2. The average molecular weight is 818 g/mol. The van der Waals surface area contributed by atoms with Crippen molar-refractivity contribution in [3.05, 3.63) is 0 Å². The van der Waals surface area contributed by atoms with Crippen LogP contribution in [0, 0.1) is 0 Å². The molecule has 0 unspecified atom stereocenters. The van der Waals surface area contributed by atoms with Crippen LogP contribution >= 0.6 is 7.37 Å². The Balaban J connectivity index is -0.0000000623. The van der Waals surface area contributed by atoms with E-state index >= 15 is 0 Å². The second-order valence-electron chi connectivity index (χ2n) is 13.0. The molecule has 0 heterocycles.